The fourth-order valence-electron chi connectivity index (χ4n) is 3.55. The average molecular weight is 428 g/mol. The van der Waals surface area contributed by atoms with E-state index in [1.807, 2.05) is 54.6 Å². The van der Waals surface area contributed by atoms with Crippen LogP contribution in [0, 0.1) is 0 Å². The Labute approximate surface area is 179 Å². The lowest BCUT2D eigenvalue weighted by molar-refractivity contribution is -0.127. The Balaban J connectivity index is 1.68. The molecule has 1 amide bonds. The zero-order valence-corrected chi connectivity index (χ0v) is 18.2. The molecule has 160 valence electrons. The summed E-state index contributed by atoms with van der Waals surface area (Å²) >= 11 is 0. The summed E-state index contributed by atoms with van der Waals surface area (Å²) in [6.45, 7) is 3.23. The van der Waals surface area contributed by atoms with Gasteiger partial charge < -0.3 is 9.64 Å². The Morgan fingerprint density at radius 1 is 1.13 bits per heavy atom. The number of nitrogens with zero attached hydrogens (tertiary/aromatic N) is 1. The van der Waals surface area contributed by atoms with Crippen molar-refractivity contribution in [1.82, 2.24) is 4.90 Å². The van der Waals surface area contributed by atoms with Crippen molar-refractivity contribution in [2.24, 2.45) is 0 Å². The fraction of sp³-hybridized carbons (Fsp3) is 0.375. The Kier molecular flexibility index (Phi) is 7.69. The molecule has 0 bridgehead atoms. The zero-order chi connectivity index (χ0) is 21.4. The van der Waals surface area contributed by atoms with Crippen molar-refractivity contribution in [3.8, 4) is 5.75 Å². The summed E-state index contributed by atoms with van der Waals surface area (Å²) in [7, 11) is -3.07. The van der Waals surface area contributed by atoms with Gasteiger partial charge in [0.1, 0.15) is 5.75 Å². The third-order valence-electron chi connectivity index (χ3n) is 5.19. The monoisotopic (exact) mass is 427 g/mol. The molecule has 0 spiro atoms. The second-order valence-corrected chi connectivity index (χ2v) is 9.80. The number of rotatable bonds is 9. The molecule has 30 heavy (non-hydrogen) atoms. The summed E-state index contributed by atoms with van der Waals surface area (Å²) in [5.74, 6) is 0.848. The van der Waals surface area contributed by atoms with Crippen LogP contribution in [0.25, 0.3) is 6.08 Å². The topological polar surface area (TPSA) is 63.7 Å². The minimum absolute atomic E-state index is 0.0465. The zero-order valence-electron chi connectivity index (χ0n) is 17.4. The number of sulfone groups is 1. The van der Waals surface area contributed by atoms with Crippen molar-refractivity contribution >= 4 is 21.8 Å². The minimum atomic E-state index is -3.07. The van der Waals surface area contributed by atoms with E-state index in [0.717, 1.165) is 23.3 Å². The normalized spacial score (nSPS) is 17.8. The van der Waals surface area contributed by atoms with Crippen LogP contribution < -0.4 is 4.74 Å². The van der Waals surface area contributed by atoms with Crippen molar-refractivity contribution in [1.29, 1.82) is 0 Å². The average Bonchev–Trinajstić information content (AvgIpc) is 3.11. The van der Waals surface area contributed by atoms with Crippen LogP contribution in [0.2, 0.25) is 0 Å². The molecule has 0 aromatic heterocycles. The number of carbonyl (C=O) groups excluding carboxylic acids is 1. The minimum Gasteiger partial charge on any atom is -0.494 e. The van der Waals surface area contributed by atoms with Gasteiger partial charge in [-0.2, -0.15) is 0 Å². The van der Waals surface area contributed by atoms with Gasteiger partial charge in [0.25, 0.3) is 0 Å². The summed E-state index contributed by atoms with van der Waals surface area (Å²) < 4.78 is 29.5. The van der Waals surface area contributed by atoms with Crippen LogP contribution in [0.15, 0.2) is 60.7 Å². The van der Waals surface area contributed by atoms with Crippen molar-refractivity contribution in [2.75, 3.05) is 24.7 Å². The van der Waals surface area contributed by atoms with Crippen molar-refractivity contribution < 1.29 is 17.9 Å². The van der Waals surface area contributed by atoms with E-state index < -0.39 is 9.84 Å². The van der Waals surface area contributed by atoms with E-state index in [0.29, 0.717) is 26.0 Å². The Bertz CT molecular complexity index is 952. The van der Waals surface area contributed by atoms with Gasteiger partial charge in [0.05, 0.1) is 18.1 Å². The number of hydrogen-bond acceptors (Lipinski definition) is 4. The standard InChI is InChI=1S/C24H29NO4S/c1-2-17-29-23-11-8-21(9-12-23)10-13-24(26)25(22-15-18-30(27,28)19-22)16-14-20-6-4-3-5-7-20/h3-13,22H,2,14-19H2,1H3/b13-10+. The van der Waals surface area contributed by atoms with E-state index in [1.165, 1.54) is 6.08 Å². The molecule has 6 heteroatoms. The molecule has 0 aliphatic carbocycles. The highest BCUT2D eigenvalue weighted by Gasteiger charge is 2.33. The van der Waals surface area contributed by atoms with Crippen LogP contribution in [0.4, 0.5) is 0 Å². The SMILES string of the molecule is CCCOc1ccc(/C=C/C(=O)N(CCc2ccccc2)C2CCS(=O)(=O)C2)cc1. The van der Waals surface area contributed by atoms with Crippen LogP contribution in [0.3, 0.4) is 0 Å². The molecule has 2 aromatic carbocycles. The van der Waals surface area contributed by atoms with Gasteiger partial charge in [0.15, 0.2) is 9.84 Å². The third-order valence-corrected chi connectivity index (χ3v) is 6.94. The van der Waals surface area contributed by atoms with Crippen LogP contribution in [-0.2, 0) is 21.1 Å². The van der Waals surface area contributed by atoms with E-state index in [2.05, 4.69) is 6.92 Å². The van der Waals surface area contributed by atoms with Gasteiger partial charge in [-0.25, -0.2) is 8.42 Å². The first kappa shape index (κ1) is 22.1. The smallest absolute Gasteiger partial charge is 0.246 e. The molecule has 1 aliphatic rings. The van der Waals surface area contributed by atoms with Gasteiger partial charge in [0, 0.05) is 18.7 Å². The second kappa shape index (κ2) is 10.4. The Morgan fingerprint density at radius 2 is 1.87 bits per heavy atom. The highest BCUT2D eigenvalue weighted by molar-refractivity contribution is 7.91. The first-order chi connectivity index (χ1) is 14.5. The van der Waals surface area contributed by atoms with Crippen LogP contribution in [-0.4, -0.2) is 49.9 Å². The molecule has 1 fully saturated rings. The van der Waals surface area contributed by atoms with Gasteiger partial charge in [0.2, 0.25) is 5.91 Å². The lowest BCUT2D eigenvalue weighted by Crippen LogP contribution is -2.41. The predicted molar refractivity (Wildman–Crippen MR) is 120 cm³/mol. The molecule has 2 aromatic rings. The quantitative estimate of drug-likeness (QED) is 0.572. The first-order valence-corrected chi connectivity index (χ1v) is 12.2. The number of hydrogen-bond donors (Lipinski definition) is 0. The molecule has 1 saturated heterocycles. The molecule has 1 heterocycles. The molecule has 1 aliphatic heterocycles. The fourth-order valence-corrected chi connectivity index (χ4v) is 5.28. The molecule has 0 saturated carbocycles. The molecule has 0 radical (unpaired) electrons. The van der Waals surface area contributed by atoms with Crippen molar-refractivity contribution in [2.45, 2.75) is 32.2 Å². The lowest BCUT2D eigenvalue weighted by Gasteiger charge is -2.27. The third kappa shape index (κ3) is 6.46. The van der Waals surface area contributed by atoms with Gasteiger partial charge >= 0.3 is 0 Å². The van der Waals surface area contributed by atoms with Gasteiger partial charge in [-0.05, 0) is 48.6 Å². The maximum atomic E-state index is 13.0. The van der Waals surface area contributed by atoms with E-state index in [1.54, 1.807) is 11.0 Å². The summed E-state index contributed by atoms with van der Waals surface area (Å²) in [4.78, 5) is 14.7. The maximum Gasteiger partial charge on any atom is 0.246 e. The van der Waals surface area contributed by atoms with E-state index in [-0.39, 0.29) is 23.5 Å². The van der Waals surface area contributed by atoms with Gasteiger partial charge in [-0.1, -0.05) is 49.4 Å². The molecule has 5 nitrogen and oxygen atoms in total. The van der Waals surface area contributed by atoms with E-state index in [9.17, 15) is 13.2 Å². The predicted octanol–water partition coefficient (Wildman–Crippen LogP) is 3.75. The second-order valence-electron chi connectivity index (χ2n) is 7.57. The van der Waals surface area contributed by atoms with Gasteiger partial charge in [-0.15, -0.1) is 0 Å². The summed E-state index contributed by atoms with van der Waals surface area (Å²) in [5, 5.41) is 0. The molecular weight excluding hydrogens is 398 g/mol. The number of benzene rings is 2. The van der Waals surface area contributed by atoms with Crippen LogP contribution in [0.5, 0.6) is 5.75 Å². The molecule has 0 N–H and O–H groups in total. The summed E-state index contributed by atoms with van der Waals surface area (Å²) in [5.41, 5.74) is 2.03. The molecular formula is C24H29NO4S. The summed E-state index contributed by atoms with van der Waals surface area (Å²) in [6, 6.07) is 17.2. The molecule has 3 rings (SSSR count). The lowest BCUT2D eigenvalue weighted by atomic mass is 10.1. The highest BCUT2D eigenvalue weighted by Crippen LogP contribution is 2.20. The Hall–Kier alpha value is -2.60. The van der Waals surface area contributed by atoms with Gasteiger partial charge in [-0.3, -0.25) is 4.79 Å². The van der Waals surface area contributed by atoms with E-state index in [4.69, 9.17) is 4.74 Å². The van der Waals surface area contributed by atoms with Crippen molar-refractivity contribution in [3.05, 3.63) is 71.8 Å². The van der Waals surface area contributed by atoms with Crippen molar-refractivity contribution in [3.63, 3.8) is 0 Å². The van der Waals surface area contributed by atoms with Crippen LogP contribution in [0.1, 0.15) is 30.9 Å². The number of ether oxygens (including phenoxy) is 1. The van der Waals surface area contributed by atoms with Crippen LogP contribution >= 0.6 is 0 Å². The molecule has 1 atom stereocenters. The largest absolute Gasteiger partial charge is 0.494 e. The number of amides is 1. The molecule has 1 unspecified atom stereocenters. The Morgan fingerprint density at radius 3 is 2.50 bits per heavy atom. The van der Waals surface area contributed by atoms with E-state index >= 15 is 0 Å². The first-order valence-electron chi connectivity index (χ1n) is 10.4. The number of carbonyl (C=O) groups is 1. The maximum absolute atomic E-state index is 13.0. The summed E-state index contributed by atoms with van der Waals surface area (Å²) in [6.07, 6.45) is 5.45. The highest BCUT2D eigenvalue weighted by atomic mass is 32.2.